The number of anilines is 1. The molecule has 2 amide bonds. The van der Waals surface area contributed by atoms with Crippen molar-refractivity contribution in [3.05, 3.63) is 137 Å². The number of rotatable bonds is 34. The summed E-state index contributed by atoms with van der Waals surface area (Å²) >= 11 is 12.7. The molecular weight excluding hydrogens is 906 g/mol. The van der Waals surface area contributed by atoms with Gasteiger partial charge in [-0.3, -0.25) is 9.59 Å². The number of carbonyl (C=O) groups is 2. The Balaban J connectivity index is 0.899. The number of likely N-dealkylation sites (N-methyl/N-ethyl adjacent to an activating group) is 1. The summed E-state index contributed by atoms with van der Waals surface area (Å²) in [6, 6.07) is 19.5. The molecule has 14 nitrogen and oxygen atoms in total. The maximum Gasteiger partial charge on any atom is 0.247 e. The molecule has 1 heterocycles. The molecule has 1 aliphatic rings. The Labute approximate surface area is 412 Å². The molecule has 2 atom stereocenters. The monoisotopic (exact) mass is 973 g/mol. The molecular formula is C52H69Cl2N7O7. The van der Waals surface area contributed by atoms with Crippen LogP contribution in [-0.2, 0) is 43.2 Å². The number of benzene rings is 3. The molecule has 1 fully saturated rings. The summed E-state index contributed by atoms with van der Waals surface area (Å²) in [5.74, 6) is 1.20. The Morgan fingerprint density at radius 1 is 0.838 bits per heavy atom. The Morgan fingerprint density at radius 2 is 1.53 bits per heavy atom. The highest BCUT2D eigenvalue weighted by molar-refractivity contribution is 6.42. The number of nitrogens with one attached hydrogen (secondary N) is 2. The summed E-state index contributed by atoms with van der Waals surface area (Å²) in [6.45, 7) is 16.3. The number of carbonyl (C=O) groups excluding carboxylic acids is 2. The maximum absolute atomic E-state index is 14.0. The number of halogens is 2. The molecule has 2 N–H and O–H groups in total. The third-order valence-electron chi connectivity index (χ3n) is 11.4. The SMILES string of the molecule is C=C/C=C(\C=C)C(C)NC(=O)C(c1ccc(Cl)c(Cl)c1)N(C(=O)CCc1ccc(OCCCCN(C)CCOCCOCCc2cn(CCOCCOc3ccc(NC)cc3)nn2)cc1)C1CC1. The molecule has 0 saturated heterocycles. The van der Waals surface area contributed by atoms with Gasteiger partial charge in [0.2, 0.25) is 11.8 Å². The first-order valence-electron chi connectivity index (χ1n) is 23.5. The predicted octanol–water partition coefficient (Wildman–Crippen LogP) is 8.56. The van der Waals surface area contributed by atoms with Gasteiger partial charge in [0.25, 0.3) is 0 Å². The van der Waals surface area contributed by atoms with E-state index in [0.717, 1.165) is 72.8 Å². The van der Waals surface area contributed by atoms with Crippen LogP contribution in [0.3, 0.4) is 0 Å². The van der Waals surface area contributed by atoms with Crippen LogP contribution in [0.2, 0.25) is 10.0 Å². The number of unbranched alkanes of at least 4 members (excludes halogenated alkanes) is 1. The standard InChI is InChI=1S/C52H69Cl2N7O7/c1-6-10-41(7-2)39(3)56-52(63)51(42-14-23-48(53)49(54)37-42)61(45-17-18-45)50(62)24-13-40-11-19-46(20-12-40)67-29-9-8-26-59(5)27-31-65-34-33-64-30-25-44-38-60(58-57-44)28-32-66-35-36-68-47-21-15-43(55-4)16-22-47/h6-7,10-12,14-16,19-23,37-39,45,51,55H,1-2,8-9,13,17-18,24-36H2,3-5H3,(H,56,63)/b41-10+. The second-order valence-corrected chi connectivity index (χ2v) is 17.4. The highest BCUT2D eigenvalue weighted by atomic mass is 35.5. The van der Waals surface area contributed by atoms with Crippen molar-refractivity contribution in [2.45, 2.75) is 76.5 Å². The van der Waals surface area contributed by atoms with Crippen molar-refractivity contribution in [1.82, 2.24) is 30.1 Å². The van der Waals surface area contributed by atoms with Crippen molar-refractivity contribution >= 4 is 40.7 Å². The first kappa shape index (κ1) is 53.7. The molecule has 0 radical (unpaired) electrons. The van der Waals surface area contributed by atoms with Crippen LogP contribution < -0.4 is 20.1 Å². The average molecular weight is 975 g/mol. The van der Waals surface area contributed by atoms with Gasteiger partial charge in [-0.1, -0.05) is 78.0 Å². The van der Waals surface area contributed by atoms with Crippen LogP contribution in [0, 0.1) is 0 Å². The summed E-state index contributed by atoms with van der Waals surface area (Å²) in [7, 11) is 3.98. The maximum atomic E-state index is 14.0. The smallest absolute Gasteiger partial charge is 0.247 e. The Kier molecular flexibility index (Phi) is 23.4. The third-order valence-corrected chi connectivity index (χ3v) is 12.1. The summed E-state index contributed by atoms with van der Waals surface area (Å²) < 4.78 is 30.7. The van der Waals surface area contributed by atoms with E-state index in [9.17, 15) is 9.59 Å². The third kappa shape index (κ3) is 18.7. The molecule has 0 aliphatic heterocycles. The van der Waals surface area contributed by atoms with Gasteiger partial charge >= 0.3 is 0 Å². The zero-order valence-electron chi connectivity index (χ0n) is 39.9. The number of amides is 2. The molecule has 1 aromatic heterocycles. The van der Waals surface area contributed by atoms with E-state index in [0.29, 0.717) is 87.9 Å². The summed E-state index contributed by atoms with van der Waals surface area (Å²) in [5, 5.41) is 15.3. The fourth-order valence-electron chi connectivity index (χ4n) is 7.33. The lowest BCUT2D eigenvalue weighted by Crippen LogP contribution is -2.47. The number of hydrogen-bond acceptors (Lipinski definition) is 11. The summed E-state index contributed by atoms with van der Waals surface area (Å²) in [5.41, 5.74) is 4.34. The Bertz CT molecular complexity index is 2180. The molecule has 3 aromatic carbocycles. The Hall–Kier alpha value is -5.22. The van der Waals surface area contributed by atoms with Gasteiger partial charge in [-0.15, -0.1) is 5.10 Å². The van der Waals surface area contributed by atoms with E-state index in [-0.39, 0.29) is 30.3 Å². The fourth-order valence-corrected chi connectivity index (χ4v) is 7.64. The van der Waals surface area contributed by atoms with E-state index in [1.807, 2.05) is 68.7 Å². The number of aryl methyl sites for hydroxylation is 1. The minimum absolute atomic E-state index is 0.0394. The number of hydrogen-bond donors (Lipinski definition) is 2. The van der Waals surface area contributed by atoms with E-state index in [2.05, 4.69) is 46.1 Å². The first-order chi connectivity index (χ1) is 33.1. The minimum Gasteiger partial charge on any atom is -0.494 e. The molecule has 4 aromatic rings. The van der Waals surface area contributed by atoms with E-state index in [1.54, 1.807) is 46.0 Å². The number of allylic oxidation sites excluding steroid dienone is 2. The zero-order chi connectivity index (χ0) is 48.5. The molecule has 1 aliphatic carbocycles. The molecule has 0 spiro atoms. The number of ether oxygens (including phenoxy) is 5. The van der Waals surface area contributed by atoms with E-state index in [1.165, 1.54) is 0 Å². The van der Waals surface area contributed by atoms with Gasteiger partial charge in [0, 0.05) is 44.4 Å². The van der Waals surface area contributed by atoms with Crippen molar-refractivity contribution < 1.29 is 33.3 Å². The number of nitrogens with zero attached hydrogens (tertiary/aromatic N) is 5. The molecule has 368 valence electrons. The van der Waals surface area contributed by atoms with Gasteiger partial charge < -0.3 is 44.1 Å². The fraction of sp³-hybridized carbons (Fsp3) is 0.462. The summed E-state index contributed by atoms with van der Waals surface area (Å²) in [6.07, 6.45) is 12.1. The molecule has 68 heavy (non-hydrogen) atoms. The largest absolute Gasteiger partial charge is 0.494 e. The van der Waals surface area contributed by atoms with Gasteiger partial charge in [-0.2, -0.15) is 0 Å². The lowest BCUT2D eigenvalue weighted by Gasteiger charge is -2.33. The van der Waals surface area contributed by atoms with Crippen LogP contribution >= 0.6 is 23.2 Å². The van der Waals surface area contributed by atoms with Crippen molar-refractivity contribution in [2.24, 2.45) is 0 Å². The van der Waals surface area contributed by atoms with Crippen LogP contribution in [-0.4, -0.2) is 129 Å². The Morgan fingerprint density at radius 3 is 2.22 bits per heavy atom. The van der Waals surface area contributed by atoms with Crippen molar-refractivity contribution in [1.29, 1.82) is 0 Å². The molecule has 2 unspecified atom stereocenters. The van der Waals surface area contributed by atoms with Crippen LogP contribution in [0.1, 0.15) is 61.9 Å². The molecule has 1 saturated carbocycles. The zero-order valence-corrected chi connectivity index (χ0v) is 41.4. The second kappa shape index (κ2) is 29.6. The predicted molar refractivity (Wildman–Crippen MR) is 270 cm³/mol. The van der Waals surface area contributed by atoms with Gasteiger partial charge in [-0.25, -0.2) is 4.68 Å². The highest BCUT2D eigenvalue weighted by Crippen LogP contribution is 2.37. The van der Waals surface area contributed by atoms with E-state index >= 15 is 0 Å². The summed E-state index contributed by atoms with van der Waals surface area (Å²) in [4.78, 5) is 32.0. The average Bonchev–Trinajstić information content (AvgIpc) is 4.08. The van der Waals surface area contributed by atoms with Crippen molar-refractivity contribution in [3.8, 4) is 11.5 Å². The molecule has 0 bridgehead atoms. The molecule has 5 rings (SSSR count). The van der Waals surface area contributed by atoms with Crippen LogP contribution in [0.15, 0.2) is 110 Å². The van der Waals surface area contributed by atoms with Crippen LogP contribution in [0.25, 0.3) is 0 Å². The normalized spacial score (nSPS) is 13.5. The van der Waals surface area contributed by atoms with Gasteiger partial charge in [-0.05, 0) is 118 Å². The van der Waals surface area contributed by atoms with Gasteiger partial charge in [0.15, 0.2) is 0 Å². The van der Waals surface area contributed by atoms with E-state index in [4.69, 9.17) is 46.9 Å². The lowest BCUT2D eigenvalue weighted by atomic mass is 10.0. The molecule has 16 heteroatoms. The minimum atomic E-state index is -0.876. The first-order valence-corrected chi connectivity index (χ1v) is 24.3. The van der Waals surface area contributed by atoms with Crippen LogP contribution in [0.4, 0.5) is 5.69 Å². The van der Waals surface area contributed by atoms with Gasteiger partial charge in [0.05, 0.1) is 74.6 Å². The highest BCUT2D eigenvalue weighted by Gasteiger charge is 2.41. The lowest BCUT2D eigenvalue weighted by molar-refractivity contribution is -0.141. The number of aromatic nitrogens is 3. The second-order valence-electron chi connectivity index (χ2n) is 16.6. The topological polar surface area (TPSA) is 142 Å². The van der Waals surface area contributed by atoms with Crippen LogP contribution in [0.5, 0.6) is 11.5 Å². The van der Waals surface area contributed by atoms with E-state index < -0.39 is 6.04 Å². The van der Waals surface area contributed by atoms with Crippen molar-refractivity contribution in [2.75, 3.05) is 85.4 Å². The van der Waals surface area contributed by atoms with Gasteiger partial charge in [0.1, 0.15) is 24.1 Å². The quantitative estimate of drug-likeness (QED) is 0.0344. The van der Waals surface area contributed by atoms with Crippen molar-refractivity contribution in [3.63, 3.8) is 0 Å².